The van der Waals surface area contributed by atoms with Crippen LogP contribution in [-0.4, -0.2) is 86.6 Å². The summed E-state index contributed by atoms with van der Waals surface area (Å²) in [5.41, 5.74) is 6.58. The van der Waals surface area contributed by atoms with Gasteiger partial charge in [0.15, 0.2) is 40.5 Å². The molecule has 0 bridgehead atoms. The predicted molar refractivity (Wildman–Crippen MR) is 253 cm³/mol. The van der Waals surface area contributed by atoms with Crippen molar-refractivity contribution >= 4 is 107 Å². The molecule has 0 fully saturated rings. The Kier molecular flexibility index (Phi) is 8.49. The molecule has 0 saturated carbocycles. The van der Waals surface area contributed by atoms with E-state index in [9.17, 15) is 35.7 Å². The fourth-order valence-electron chi connectivity index (χ4n) is 8.55. The van der Waals surface area contributed by atoms with Crippen molar-refractivity contribution in [3.63, 3.8) is 0 Å². The van der Waals surface area contributed by atoms with Crippen molar-refractivity contribution in [1.82, 2.24) is 19.5 Å². The molecule has 11 nitrogen and oxygen atoms in total. The summed E-state index contributed by atoms with van der Waals surface area (Å²) in [4.78, 5) is 15.0. The van der Waals surface area contributed by atoms with Gasteiger partial charge in [0.05, 0.1) is 22.0 Å². The number of phenolic OH excluding ortho intramolecular Hbond substituents is 7. The lowest BCUT2D eigenvalue weighted by Gasteiger charge is -2.18. The fourth-order valence-corrected chi connectivity index (χ4v) is 9.92. The second kappa shape index (κ2) is 13.7. The molecule has 0 spiro atoms. The molecular formula is C45H32B4N4O7S. The summed E-state index contributed by atoms with van der Waals surface area (Å²) in [6.07, 6.45) is 0. The van der Waals surface area contributed by atoms with Crippen LogP contribution >= 0.6 is 11.3 Å². The Morgan fingerprint density at radius 3 is 1.67 bits per heavy atom. The monoisotopic (exact) mass is 816 g/mol. The van der Waals surface area contributed by atoms with Crippen LogP contribution in [-0.2, 0) is 0 Å². The normalized spacial score (nSPS) is 11.7. The van der Waals surface area contributed by atoms with Crippen LogP contribution in [0.5, 0.6) is 40.2 Å². The van der Waals surface area contributed by atoms with E-state index in [-0.39, 0.29) is 50.9 Å². The molecule has 7 aromatic carbocycles. The maximum absolute atomic E-state index is 11.8. The molecule has 10 rings (SSSR count). The smallest absolute Gasteiger partial charge is 0.168 e. The summed E-state index contributed by atoms with van der Waals surface area (Å²) in [6.45, 7) is 0. The first-order chi connectivity index (χ1) is 29.3. The van der Waals surface area contributed by atoms with Crippen molar-refractivity contribution < 1.29 is 35.7 Å². The van der Waals surface area contributed by atoms with Crippen LogP contribution in [0.4, 0.5) is 0 Å². The molecular weight excluding hydrogens is 784 g/mol. The lowest BCUT2D eigenvalue weighted by Crippen LogP contribution is -2.17. The molecule has 0 aliphatic carbocycles. The topological polar surface area (TPSA) is 185 Å². The van der Waals surface area contributed by atoms with Crippen molar-refractivity contribution in [2.45, 2.75) is 0 Å². The first kappa shape index (κ1) is 37.7. The van der Waals surface area contributed by atoms with Crippen LogP contribution in [0, 0.1) is 0 Å². The molecule has 0 aliphatic heterocycles. The summed E-state index contributed by atoms with van der Waals surface area (Å²) in [7, 11) is 7.23. The number of rotatable bonds is 5. The zero-order valence-corrected chi connectivity index (χ0v) is 34.0. The molecule has 10 aromatic rings. The third-order valence-corrected chi connectivity index (χ3v) is 12.8. The zero-order chi connectivity index (χ0) is 42.6. The molecule has 3 aromatic heterocycles. The van der Waals surface area contributed by atoms with Crippen LogP contribution in [0.2, 0.25) is 0 Å². The van der Waals surface area contributed by atoms with Gasteiger partial charge in [0.1, 0.15) is 54.2 Å². The highest BCUT2D eigenvalue weighted by Crippen LogP contribution is 2.51. The van der Waals surface area contributed by atoms with Crippen LogP contribution in [0.1, 0.15) is 0 Å². The van der Waals surface area contributed by atoms with Crippen molar-refractivity contribution in [2.75, 3.05) is 0 Å². The number of fused-ring (bicyclic) bond motifs is 6. The summed E-state index contributed by atoms with van der Waals surface area (Å²) >= 11 is 1.42. The van der Waals surface area contributed by atoms with Gasteiger partial charge >= 0.3 is 0 Å². The van der Waals surface area contributed by atoms with Crippen LogP contribution in [0.15, 0.2) is 103 Å². The minimum atomic E-state index is -0.572. The quantitative estimate of drug-likeness (QED) is 0.0775. The molecule has 7 N–H and O–H groups in total. The van der Waals surface area contributed by atoms with E-state index in [0.717, 1.165) is 27.4 Å². The van der Waals surface area contributed by atoms with E-state index in [1.54, 1.807) is 32.4 Å². The van der Waals surface area contributed by atoms with E-state index in [0.29, 0.717) is 71.4 Å². The Morgan fingerprint density at radius 2 is 1.02 bits per heavy atom. The Balaban J connectivity index is 1.37. The second-order valence-corrected chi connectivity index (χ2v) is 16.3. The molecule has 0 amide bonds. The zero-order valence-electron chi connectivity index (χ0n) is 33.1. The molecule has 61 heavy (non-hydrogen) atoms. The minimum absolute atomic E-state index is 0.0266. The summed E-state index contributed by atoms with van der Waals surface area (Å²) in [5.74, 6) is -1.16. The van der Waals surface area contributed by atoms with Gasteiger partial charge in [-0.05, 0) is 40.8 Å². The van der Waals surface area contributed by atoms with E-state index >= 15 is 0 Å². The van der Waals surface area contributed by atoms with Gasteiger partial charge in [-0.1, -0.05) is 83.7 Å². The maximum atomic E-state index is 11.8. The average molecular weight is 816 g/mol. The van der Waals surface area contributed by atoms with Gasteiger partial charge in [-0.15, -0.1) is 11.3 Å². The van der Waals surface area contributed by atoms with Crippen molar-refractivity contribution in [3.05, 3.63) is 103 Å². The molecule has 0 saturated heterocycles. The highest BCUT2D eigenvalue weighted by molar-refractivity contribution is 7.27. The average Bonchev–Trinajstić information content (AvgIpc) is 3.85. The molecule has 3 heterocycles. The number of hydrogen-bond donors (Lipinski definition) is 7. The Bertz CT molecular complexity index is 3380. The van der Waals surface area contributed by atoms with Gasteiger partial charge in [-0.25, -0.2) is 15.0 Å². The summed E-state index contributed by atoms with van der Waals surface area (Å²) in [5, 5.41) is 80.7. The van der Waals surface area contributed by atoms with E-state index in [1.807, 2.05) is 94.6 Å². The van der Waals surface area contributed by atoms with E-state index in [4.69, 9.17) is 15.0 Å². The number of aromatic nitrogens is 4. The molecule has 292 valence electrons. The molecule has 0 aliphatic rings. The maximum Gasteiger partial charge on any atom is 0.168 e. The standard InChI is InChI=1S/C45H32B4N4O7S/c46-23-15-24(47)38(58)32-33-37(28(55)17-30(57)39(33)59)53(36(23)32)26-13-20(22-14-29(56)40(60)34-31-35(49)27(54)16-25(48)42(31)61-41(22)34)11-12-21(26)45-51-43(18-7-3-1-4-8-18)50-44(52-45)19-9-5-2-6-10-19/h1-17,54-60H,46-49H2. The van der Waals surface area contributed by atoms with Crippen LogP contribution in [0.25, 0.3) is 93.0 Å². The summed E-state index contributed by atoms with van der Waals surface area (Å²) in [6, 6.07) is 30.6. The second-order valence-electron chi connectivity index (χ2n) is 15.3. The fraction of sp³-hybridized carbons (Fsp3) is 0. The number of phenols is 7. The van der Waals surface area contributed by atoms with Crippen molar-refractivity contribution in [3.8, 4) is 91.2 Å². The number of benzene rings is 7. The highest BCUT2D eigenvalue weighted by Gasteiger charge is 2.29. The van der Waals surface area contributed by atoms with Crippen molar-refractivity contribution in [2.24, 2.45) is 0 Å². The van der Waals surface area contributed by atoms with Gasteiger partial charge in [0.25, 0.3) is 0 Å². The molecule has 0 radical (unpaired) electrons. The Hall–Kier alpha value is -7.57. The van der Waals surface area contributed by atoms with E-state index in [1.165, 1.54) is 17.4 Å². The highest BCUT2D eigenvalue weighted by atomic mass is 32.1. The first-order valence-electron chi connectivity index (χ1n) is 19.4. The SMILES string of the molecule is Bc1cc(B)c2c(c1O)c1c(O)c(O)cc(O)c1n2-c1cc(-c2cc(O)c(O)c3c2sc2c(B)cc(O)c(B)c23)ccc1-c1nc(-c2ccccc2)nc(-c2ccccc2)n1. The molecule has 0 unspecified atom stereocenters. The Labute approximate surface area is 354 Å². The van der Waals surface area contributed by atoms with Crippen molar-refractivity contribution in [1.29, 1.82) is 0 Å². The number of thiophene rings is 1. The molecule has 16 heteroatoms. The predicted octanol–water partition coefficient (Wildman–Crippen LogP) is 2.98. The Morgan fingerprint density at radius 1 is 0.426 bits per heavy atom. The lowest BCUT2D eigenvalue weighted by molar-refractivity contribution is 0.402. The largest absolute Gasteiger partial charge is 0.509 e. The van der Waals surface area contributed by atoms with Gasteiger partial charge in [0.2, 0.25) is 0 Å². The lowest BCUT2D eigenvalue weighted by atomic mass is 9.83. The first-order valence-corrected chi connectivity index (χ1v) is 20.2. The van der Waals surface area contributed by atoms with E-state index in [2.05, 4.69) is 0 Å². The number of hydrogen-bond acceptors (Lipinski definition) is 11. The van der Waals surface area contributed by atoms with Crippen LogP contribution in [0.3, 0.4) is 0 Å². The van der Waals surface area contributed by atoms with Crippen LogP contribution < -0.4 is 21.9 Å². The third kappa shape index (κ3) is 5.66. The van der Waals surface area contributed by atoms with E-state index < -0.39 is 11.5 Å². The number of nitrogens with zero attached hydrogens (tertiary/aromatic N) is 4. The van der Waals surface area contributed by atoms with Gasteiger partial charge in [-0.3, -0.25) is 0 Å². The molecule has 0 atom stereocenters. The minimum Gasteiger partial charge on any atom is -0.509 e. The third-order valence-electron chi connectivity index (χ3n) is 11.5. The van der Waals surface area contributed by atoms with Gasteiger partial charge in [-0.2, -0.15) is 0 Å². The van der Waals surface area contributed by atoms with Gasteiger partial charge < -0.3 is 40.3 Å². The summed E-state index contributed by atoms with van der Waals surface area (Å²) < 4.78 is 3.20. The van der Waals surface area contributed by atoms with Gasteiger partial charge in [0, 0.05) is 48.5 Å². The number of aromatic hydroxyl groups is 7.